The summed E-state index contributed by atoms with van der Waals surface area (Å²) < 4.78 is 4.83. The van der Waals surface area contributed by atoms with Crippen LogP contribution in [0.15, 0.2) is 24.3 Å². The zero-order valence-electron chi connectivity index (χ0n) is 10.5. The van der Waals surface area contributed by atoms with Gasteiger partial charge >= 0.3 is 5.97 Å². The van der Waals surface area contributed by atoms with Crippen LogP contribution < -0.4 is 4.90 Å². The van der Waals surface area contributed by atoms with E-state index in [1.54, 1.807) is 0 Å². The summed E-state index contributed by atoms with van der Waals surface area (Å²) in [7, 11) is 1.47. The minimum atomic E-state index is -0.0812. The molecule has 0 unspecified atom stereocenters. The van der Waals surface area contributed by atoms with Gasteiger partial charge in [-0.1, -0.05) is 12.1 Å². The van der Waals surface area contributed by atoms with Gasteiger partial charge in [0.1, 0.15) is 0 Å². The van der Waals surface area contributed by atoms with E-state index in [4.69, 9.17) is 4.74 Å². The molecule has 1 saturated heterocycles. The minimum Gasteiger partial charge on any atom is -0.469 e. The first-order chi connectivity index (χ1) is 8.20. The third-order valence-corrected chi connectivity index (χ3v) is 3.32. The van der Waals surface area contributed by atoms with Crippen molar-refractivity contribution >= 4 is 11.7 Å². The van der Waals surface area contributed by atoms with Gasteiger partial charge in [-0.25, -0.2) is 0 Å². The summed E-state index contributed by atoms with van der Waals surface area (Å²) in [5, 5.41) is 0. The standard InChI is InChI=1S/C14H19NO2/c1-11-5-3-7-13(9-11)15-8-4-6-12(10-15)14(16)17-2/h3,5,7,9,12H,4,6,8,10H2,1-2H3/t12-/m1/s1. The third-order valence-electron chi connectivity index (χ3n) is 3.32. The first kappa shape index (κ1) is 12.0. The van der Waals surface area contributed by atoms with E-state index in [1.807, 2.05) is 0 Å². The Morgan fingerprint density at radius 1 is 1.47 bits per heavy atom. The lowest BCUT2D eigenvalue weighted by atomic mass is 9.97. The SMILES string of the molecule is COC(=O)[C@@H]1CCCN(c2cccc(C)c2)C1. The lowest BCUT2D eigenvalue weighted by Crippen LogP contribution is -2.39. The molecular weight excluding hydrogens is 214 g/mol. The molecule has 0 N–H and O–H groups in total. The van der Waals surface area contributed by atoms with Crippen molar-refractivity contribution in [3.63, 3.8) is 0 Å². The molecular formula is C14H19NO2. The normalized spacial score (nSPS) is 20.1. The van der Waals surface area contributed by atoms with Crippen LogP contribution in [-0.2, 0) is 9.53 Å². The van der Waals surface area contributed by atoms with Crippen LogP contribution in [0.5, 0.6) is 0 Å². The van der Waals surface area contributed by atoms with E-state index in [0.717, 1.165) is 25.9 Å². The fourth-order valence-corrected chi connectivity index (χ4v) is 2.40. The fraction of sp³-hybridized carbons (Fsp3) is 0.500. The number of hydrogen-bond acceptors (Lipinski definition) is 3. The van der Waals surface area contributed by atoms with Crippen LogP contribution in [0.3, 0.4) is 0 Å². The number of aryl methyl sites for hydroxylation is 1. The minimum absolute atomic E-state index is 0.0225. The highest BCUT2D eigenvalue weighted by atomic mass is 16.5. The Hall–Kier alpha value is -1.51. The van der Waals surface area contributed by atoms with Gasteiger partial charge in [0.15, 0.2) is 0 Å². The van der Waals surface area contributed by atoms with Crippen LogP contribution in [-0.4, -0.2) is 26.2 Å². The predicted molar refractivity (Wildman–Crippen MR) is 68.1 cm³/mol. The average Bonchev–Trinajstić information content (AvgIpc) is 2.38. The van der Waals surface area contributed by atoms with Crippen LogP contribution in [0.4, 0.5) is 5.69 Å². The van der Waals surface area contributed by atoms with Crippen molar-refractivity contribution in [1.82, 2.24) is 0 Å². The maximum Gasteiger partial charge on any atom is 0.310 e. The summed E-state index contributed by atoms with van der Waals surface area (Å²) >= 11 is 0. The smallest absolute Gasteiger partial charge is 0.310 e. The van der Waals surface area contributed by atoms with Gasteiger partial charge in [0.2, 0.25) is 0 Å². The number of anilines is 1. The summed E-state index contributed by atoms with van der Waals surface area (Å²) in [6.45, 7) is 3.89. The van der Waals surface area contributed by atoms with E-state index in [-0.39, 0.29) is 11.9 Å². The summed E-state index contributed by atoms with van der Waals surface area (Å²) in [5.74, 6) is -0.0587. The molecule has 3 nitrogen and oxygen atoms in total. The summed E-state index contributed by atoms with van der Waals surface area (Å²) in [4.78, 5) is 13.8. The topological polar surface area (TPSA) is 29.5 Å². The molecule has 0 amide bonds. The number of carbonyl (C=O) groups is 1. The number of rotatable bonds is 2. The van der Waals surface area contributed by atoms with Crippen LogP contribution in [0, 0.1) is 12.8 Å². The Morgan fingerprint density at radius 2 is 2.29 bits per heavy atom. The predicted octanol–water partition coefficient (Wildman–Crippen LogP) is 2.38. The van der Waals surface area contributed by atoms with Crippen molar-refractivity contribution in [2.24, 2.45) is 5.92 Å². The number of nitrogens with zero attached hydrogens (tertiary/aromatic N) is 1. The summed E-state index contributed by atoms with van der Waals surface area (Å²) in [6, 6.07) is 8.42. The first-order valence-corrected chi connectivity index (χ1v) is 6.10. The molecule has 0 radical (unpaired) electrons. The van der Waals surface area contributed by atoms with Crippen molar-refractivity contribution in [1.29, 1.82) is 0 Å². The van der Waals surface area contributed by atoms with Crippen LogP contribution in [0.1, 0.15) is 18.4 Å². The van der Waals surface area contributed by atoms with Gasteiger partial charge in [0.05, 0.1) is 13.0 Å². The van der Waals surface area contributed by atoms with Crippen molar-refractivity contribution < 1.29 is 9.53 Å². The van der Waals surface area contributed by atoms with Crippen molar-refractivity contribution in [2.75, 3.05) is 25.1 Å². The number of ether oxygens (including phenoxy) is 1. The molecule has 1 aromatic carbocycles. The molecule has 2 rings (SSSR count). The maximum absolute atomic E-state index is 11.6. The van der Waals surface area contributed by atoms with E-state index in [1.165, 1.54) is 18.4 Å². The lowest BCUT2D eigenvalue weighted by Gasteiger charge is -2.33. The Bertz CT molecular complexity index is 403. The number of carbonyl (C=O) groups excluding carboxylic acids is 1. The van der Waals surface area contributed by atoms with Crippen molar-refractivity contribution in [3.8, 4) is 0 Å². The highest BCUT2D eigenvalue weighted by molar-refractivity contribution is 5.73. The third kappa shape index (κ3) is 2.78. The van der Waals surface area contributed by atoms with Gasteiger partial charge < -0.3 is 9.64 Å². The van der Waals surface area contributed by atoms with Crippen LogP contribution in [0.2, 0.25) is 0 Å². The molecule has 0 bridgehead atoms. The lowest BCUT2D eigenvalue weighted by molar-refractivity contribution is -0.145. The second kappa shape index (κ2) is 5.21. The van der Waals surface area contributed by atoms with Crippen LogP contribution in [0.25, 0.3) is 0 Å². The summed E-state index contributed by atoms with van der Waals surface area (Å²) in [5.41, 5.74) is 2.46. The summed E-state index contributed by atoms with van der Waals surface area (Å²) in [6.07, 6.45) is 1.99. The van der Waals surface area contributed by atoms with E-state index < -0.39 is 0 Å². The van der Waals surface area contributed by atoms with Gasteiger partial charge in [-0.3, -0.25) is 4.79 Å². The maximum atomic E-state index is 11.6. The zero-order chi connectivity index (χ0) is 12.3. The van der Waals surface area contributed by atoms with Gasteiger partial charge in [-0.2, -0.15) is 0 Å². The molecule has 17 heavy (non-hydrogen) atoms. The van der Waals surface area contributed by atoms with E-state index in [0.29, 0.717) is 0 Å². The Labute approximate surface area is 102 Å². The van der Waals surface area contributed by atoms with Crippen molar-refractivity contribution in [2.45, 2.75) is 19.8 Å². The molecule has 0 aromatic heterocycles. The molecule has 0 aliphatic carbocycles. The largest absolute Gasteiger partial charge is 0.469 e. The molecule has 1 aromatic rings. The Balaban J connectivity index is 2.09. The number of esters is 1. The first-order valence-electron chi connectivity index (χ1n) is 6.10. The Kier molecular flexibility index (Phi) is 3.67. The molecule has 1 aliphatic heterocycles. The van der Waals surface area contributed by atoms with Gasteiger partial charge in [0.25, 0.3) is 0 Å². The molecule has 92 valence electrons. The van der Waals surface area contributed by atoms with E-state index in [2.05, 4.69) is 36.1 Å². The van der Waals surface area contributed by atoms with Gasteiger partial charge in [-0.05, 0) is 37.5 Å². The quantitative estimate of drug-likeness (QED) is 0.734. The van der Waals surface area contributed by atoms with Gasteiger partial charge in [0, 0.05) is 18.8 Å². The highest BCUT2D eigenvalue weighted by Crippen LogP contribution is 2.24. The second-order valence-electron chi connectivity index (χ2n) is 4.65. The van der Waals surface area contributed by atoms with Gasteiger partial charge in [-0.15, -0.1) is 0 Å². The molecule has 1 aliphatic rings. The molecule has 1 atom stereocenters. The van der Waals surface area contributed by atoms with E-state index in [9.17, 15) is 4.79 Å². The molecule has 1 fully saturated rings. The van der Waals surface area contributed by atoms with Crippen LogP contribution >= 0.6 is 0 Å². The monoisotopic (exact) mass is 233 g/mol. The fourth-order valence-electron chi connectivity index (χ4n) is 2.40. The highest BCUT2D eigenvalue weighted by Gasteiger charge is 2.26. The number of methoxy groups -OCH3 is 1. The Morgan fingerprint density at radius 3 is 3.00 bits per heavy atom. The second-order valence-corrected chi connectivity index (χ2v) is 4.65. The molecule has 0 spiro atoms. The molecule has 0 saturated carbocycles. The van der Waals surface area contributed by atoms with Crippen molar-refractivity contribution in [3.05, 3.63) is 29.8 Å². The average molecular weight is 233 g/mol. The number of hydrogen-bond donors (Lipinski definition) is 0. The molecule has 3 heteroatoms. The van der Waals surface area contributed by atoms with E-state index >= 15 is 0 Å². The number of piperidine rings is 1. The molecule has 1 heterocycles. The number of benzene rings is 1. The zero-order valence-corrected chi connectivity index (χ0v) is 10.5.